The molecule has 1 aliphatic carbocycles. The molecule has 0 aliphatic heterocycles. The van der Waals surface area contributed by atoms with Gasteiger partial charge in [-0.1, -0.05) is 18.6 Å². The van der Waals surface area contributed by atoms with Gasteiger partial charge in [-0.3, -0.25) is 19.7 Å². The van der Waals surface area contributed by atoms with Gasteiger partial charge < -0.3 is 0 Å². The highest BCUT2D eigenvalue weighted by Gasteiger charge is 2.36. The van der Waals surface area contributed by atoms with Crippen LogP contribution in [0.2, 0.25) is 0 Å². The van der Waals surface area contributed by atoms with Gasteiger partial charge in [0.15, 0.2) is 0 Å². The second-order valence-corrected chi connectivity index (χ2v) is 5.04. The largest absolute Gasteiger partial charge is 0.275 e. The monoisotopic (exact) mass is 278 g/mol. The number of non-ortho nitro benzene ring substituents is 1. The molecule has 1 saturated carbocycles. The Labute approximate surface area is 117 Å². The van der Waals surface area contributed by atoms with Crippen molar-refractivity contribution in [1.82, 2.24) is 5.06 Å². The maximum Gasteiger partial charge on any atom is 0.269 e. The van der Waals surface area contributed by atoms with Gasteiger partial charge >= 0.3 is 0 Å². The Morgan fingerprint density at radius 3 is 2.70 bits per heavy atom. The Bertz CT molecular complexity index is 514. The van der Waals surface area contributed by atoms with Crippen molar-refractivity contribution in [2.45, 2.75) is 25.2 Å². The molecular weight excluding hydrogens is 260 g/mol. The molecular formula is C14H18N2O4. The van der Waals surface area contributed by atoms with Crippen LogP contribution in [0.15, 0.2) is 24.3 Å². The lowest BCUT2D eigenvalue weighted by atomic mass is 9.72. The fraction of sp³-hybridized carbons (Fsp3) is 0.500. The summed E-state index contributed by atoms with van der Waals surface area (Å²) in [5.74, 6) is -0.284. The van der Waals surface area contributed by atoms with E-state index >= 15 is 0 Å². The Balaban J connectivity index is 2.33. The summed E-state index contributed by atoms with van der Waals surface area (Å²) >= 11 is 0. The van der Waals surface area contributed by atoms with E-state index in [4.69, 9.17) is 4.84 Å². The van der Waals surface area contributed by atoms with Crippen LogP contribution in [0.25, 0.3) is 0 Å². The van der Waals surface area contributed by atoms with E-state index in [1.165, 1.54) is 24.3 Å². The van der Waals surface area contributed by atoms with Crippen LogP contribution in [0.3, 0.4) is 0 Å². The van der Waals surface area contributed by atoms with Crippen molar-refractivity contribution in [2.24, 2.45) is 5.92 Å². The van der Waals surface area contributed by atoms with Gasteiger partial charge in [-0.2, -0.15) is 0 Å². The molecule has 6 nitrogen and oxygen atoms in total. The molecule has 1 amide bonds. The van der Waals surface area contributed by atoms with E-state index in [-0.39, 0.29) is 23.4 Å². The highest BCUT2D eigenvalue weighted by Crippen LogP contribution is 2.41. The Morgan fingerprint density at radius 2 is 2.20 bits per heavy atom. The zero-order valence-corrected chi connectivity index (χ0v) is 11.6. The molecule has 2 rings (SSSR count). The van der Waals surface area contributed by atoms with Crippen molar-refractivity contribution in [2.75, 3.05) is 14.2 Å². The average molecular weight is 278 g/mol. The molecule has 1 aromatic rings. The molecule has 1 aromatic carbocycles. The molecule has 1 atom stereocenters. The highest BCUT2D eigenvalue weighted by atomic mass is 16.7. The van der Waals surface area contributed by atoms with Gasteiger partial charge in [0, 0.05) is 19.2 Å². The fourth-order valence-electron chi connectivity index (χ4n) is 2.51. The first-order valence-electron chi connectivity index (χ1n) is 6.60. The van der Waals surface area contributed by atoms with E-state index in [0.717, 1.165) is 19.3 Å². The average Bonchev–Trinajstić information content (AvgIpc) is 2.41. The third-order valence-electron chi connectivity index (χ3n) is 3.91. The van der Waals surface area contributed by atoms with Crippen molar-refractivity contribution >= 4 is 11.6 Å². The molecule has 1 fully saturated rings. The van der Waals surface area contributed by atoms with E-state index < -0.39 is 4.92 Å². The number of hydrogen-bond donors (Lipinski definition) is 0. The second-order valence-electron chi connectivity index (χ2n) is 5.04. The van der Waals surface area contributed by atoms with Gasteiger partial charge in [0.2, 0.25) is 0 Å². The van der Waals surface area contributed by atoms with Gasteiger partial charge in [-0.05, 0) is 24.3 Å². The lowest BCUT2D eigenvalue weighted by Crippen LogP contribution is -2.36. The number of amides is 1. The number of nitro groups is 1. The molecule has 6 heteroatoms. The fourth-order valence-corrected chi connectivity index (χ4v) is 2.51. The van der Waals surface area contributed by atoms with Crippen LogP contribution >= 0.6 is 0 Å². The number of hydrogen-bond acceptors (Lipinski definition) is 4. The topological polar surface area (TPSA) is 72.7 Å². The number of rotatable bonds is 5. The Morgan fingerprint density at radius 1 is 1.50 bits per heavy atom. The molecule has 1 unspecified atom stereocenters. The first-order chi connectivity index (χ1) is 9.54. The Kier molecular flexibility index (Phi) is 4.34. The maximum atomic E-state index is 12.4. The van der Waals surface area contributed by atoms with E-state index in [1.54, 1.807) is 19.2 Å². The van der Waals surface area contributed by atoms with Crippen LogP contribution < -0.4 is 0 Å². The number of hydroxylamine groups is 2. The number of nitro benzene ring substituents is 1. The van der Waals surface area contributed by atoms with Crippen molar-refractivity contribution in [1.29, 1.82) is 0 Å². The third-order valence-corrected chi connectivity index (χ3v) is 3.91. The summed E-state index contributed by atoms with van der Waals surface area (Å²) in [5.41, 5.74) is 0.706. The summed E-state index contributed by atoms with van der Waals surface area (Å²) in [7, 11) is 2.99. The molecule has 0 saturated heterocycles. The smallest absolute Gasteiger partial charge is 0.269 e. The molecule has 0 aromatic heterocycles. The summed E-state index contributed by atoms with van der Waals surface area (Å²) in [6.07, 6.45) is 3.04. The third kappa shape index (κ3) is 2.80. The van der Waals surface area contributed by atoms with Crippen molar-refractivity contribution in [3.63, 3.8) is 0 Å². The first kappa shape index (κ1) is 14.5. The normalized spacial score (nSPS) is 16.3. The van der Waals surface area contributed by atoms with E-state index in [9.17, 15) is 14.9 Å². The van der Waals surface area contributed by atoms with E-state index in [1.807, 2.05) is 0 Å². The number of carbonyl (C=O) groups is 1. The predicted molar refractivity (Wildman–Crippen MR) is 73.0 cm³/mol. The van der Waals surface area contributed by atoms with Crippen LogP contribution in [-0.2, 0) is 9.63 Å². The zero-order valence-electron chi connectivity index (χ0n) is 11.6. The summed E-state index contributed by atoms with van der Waals surface area (Å²) in [4.78, 5) is 27.8. The summed E-state index contributed by atoms with van der Waals surface area (Å²) in [6, 6.07) is 6.33. The number of nitrogens with zero attached hydrogens (tertiary/aromatic N) is 2. The molecule has 0 radical (unpaired) electrons. The minimum Gasteiger partial charge on any atom is -0.275 e. The van der Waals surface area contributed by atoms with Crippen molar-refractivity contribution in [3.05, 3.63) is 39.9 Å². The minimum absolute atomic E-state index is 0.0136. The van der Waals surface area contributed by atoms with Crippen molar-refractivity contribution in [3.8, 4) is 0 Å². The standard InChI is InChI=1S/C14H18N2O4/c1-15(20-2)14(17)13(10-5-3-6-10)11-7-4-8-12(9-11)16(18)19/h4,7-10,13H,3,5-6H2,1-2H3. The van der Waals surface area contributed by atoms with E-state index in [0.29, 0.717) is 5.56 Å². The first-order valence-corrected chi connectivity index (χ1v) is 6.60. The van der Waals surface area contributed by atoms with Crippen LogP contribution in [0.1, 0.15) is 30.7 Å². The van der Waals surface area contributed by atoms with Gasteiger partial charge in [0.1, 0.15) is 0 Å². The molecule has 0 spiro atoms. The van der Waals surface area contributed by atoms with Gasteiger partial charge in [0.25, 0.3) is 11.6 Å². The SMILES string of the molecule is CON(C)C(=O)C(c1cccc([N+](=O)[O-])c1)C1CCC1. The molecule has 108 valence electrons. The Hall–Kier alpha value is -1.95. The van der Waals surface area contributed by atoms with Crippen LogP contribution in [-0.4, -0.2) is 30.1 Å². The summed E-state index contributed by atoms with van der Waals surface area (Å²) in [5, 5.41) is 12.1. The molecule has 0 N–H and O–H groups in total. The minimum atomic E-state index is -0.439. The quantitative estimate of drug-likeness (QED) is 0.612. The molecule has 0 bridgehead atoms. The summed E-state index contributed by atoms with van der Waals surface area (Å²) < 4.78 is 0. The highest BCUT2D eigenvalue weighted by molar-refractivity contribution is 5.83. The number of carbonyl (C=O) groups excluding carboxylic acids is 1. The van der Waals surface area contributed by atoms with E-state index in [2.05, 4.69) is 0 Å². The lowest BCUT2D eigenvalue weighted by Gasteiger charge is -2.34. The molecule has 0 heterocycles. The number of benzene rings is 1. The molecule has 1 aliphatic rings. The van der Waals surface area contributed by atoms with Crippen LogP contribution in [0.5, 0.6) is 0 Å². The second kappa shape index (κ2) is 6.00. The van der Waals surface area contributed by atoms with Crippen LogP contribution in [0.4, 0.5) is 5.69 Å². The predicted octanol–water partition coefficient (Wildman–Crippen LogP) is 2.50. The zero-order chi connectivity index (χ0) is 14.7. The lowest BCUT2D eigenvalue weighted by molar-refractivity contribution is -0.384. The van der Waals surface area contributed by atoms with Gasteiger partial charge in [-0.25, -0.2) is 5.06 Å². The maximum absolute atomic E-state index is 12.4. The van der Waals surface area contributed by atoms with Gasteiger partial charge in [0.05, 0.1) is 18.0 Å². The molecule has 20 heavy (non-hydrogen) atoms. The summed E-state index contributed by atoms with van der Waals surface area (Å²) in [6.45, 7) is 0. The van der Waals surface area contributed by atoms with Crippen LogP contribution in [0, 0.1) is 16.0 Å². The van der Waals surface area contributed by atoms with Gasteiger partial charge in [-0.15, -0.1) is 0 Å². The number of likely N-dealkylation sites (N-methyl/N-ethyl adjacent to an activating group) is 1. The van der Waals surface area contributed by atoms with Crippen molar-refractivity contribution < 1.29 is 14.6 Å².